The second-order valence-corrected chi connectivity index (χ2v) is 5.47. The maximum absolute atomic E-state index is 2.54. The molecule has 0 saturated carbocycles. The third-order valence-electron chi connectivity index (χ3n) is 2.02. The van der Waals surface area contributed by atoms with E-state index < -0.39 is 0 Å². The smallest absolute Gasteiger partial charge is 0.0157 e. The van der Waals surface area contributed by atoms with Gasteiger partial charge in [-0.05, 0) is 35.7 Å². The van der Waals surface area contributed by atoms with Crippen molar-refractivity contribution in [1.82, 2.24) is 0 Å². The summed E-state index contributed by atoms with van der Waals surface area (Å²) < 4.78 is 4.43. The molecule has 2 aliphatic rings. The highest BCUT2D eigenvalue weighted by Gasteiger charge is 2.13. The van der Waals surface area contributed by atoms with Crippen molar-refractivity contribution in [2.75, 3.05) is 0 Å². The molecule has 0 atom stereocenters. The van der Waals surface area contributed by atoms with Crippen LogP contribution in [-0.4, -0.2) is 4.01 Å². The van der Waals surface area contributed by atoms with Crippen LogP contribution < -0.4 is 0 Å². The Labute approximate surface area is 66.1 Å². The number of halogens is 1. The summed E-state index contributed by atoms with van der Waals surface area (Å²) in [4.78, 5) is 0. The van der Waals surface area contributed by atoms with Crippen LogP contribution in [0.3, 0.4) is 0 Å². The Morgan fingerprint density at radius 2 is 2.22 bits per heavy atom. The Morgan fingerprint density at radius 3 is 3.11 bits per heavy atom. The van der Waals surface area contributed by atoms with E-state index in [-0.39, 0.29) is 0 Å². The minimum atomic E-state index is 0.426. The number of hydrogen-bond acceptors (Lipinski definition) is 0. The second-order valence-electron chi connectivity index (χ2n) is 2.66. The lowest BCUT2D eigenvalue weighted by Gasteiger charge is -2.05. The van der Waals surface area contributed by atoms with Gasteiger partial charge in [0.25, 0.3) is 0 Å². The van der Waals surface area contributed by atoms with Crippen molar-refractivity contribution in [2.45, 2.75) is 32.1 Å². The van der Waals surface area contributed by atoms with Crippen LogP contribution in [0.5, 0.6) is 0 Å². The van der Waals surface area contributed by atoms with Gasteiger partial charge in [0.1, 0.15) is 0 Å². The van der Waals surface area contributed by atoms with Crippen LogP contribution in [0.4, 0.5) is 0 Å². The molecule has 0 aromatic rings. The summed E-state index contributed by atoms with van der Waals surface area (Å²) in [7, 11) is 0. The van der Waals surface area contributed by atoms with E-state index in [1.54, 1.807) is 0 Å². The van der Waals surface area contributed by atoms with E-state index in [0.29, 0.717) is 20.7 Å². The zero-order chi connectivity index (χ0) is 6.10. The molecule has 0 bridgehead atoms. The maximum atomic E-state index is 2.54. The van der Waals surface area contributed by atoms with E-state index in [9.17, 15) is 0 Å². The van der Waals surface area contributed by atoms with Gasteiger partial charge in [0.15, 0.2) is 0 Å². The van der Waals surface area contributed by atoms with Gasteiger partial charge < -0.3 is 0 Å². The maximum Gasteiger partial charge on any atom is -0.0157 e. The van der Waals surface area contributed by atoms with E-state index in [4.69, 9.17) is 0 Å². The molecule has 1 aliphatic carbocycles. The van der Waals surface area contributed by atoms with Gasteiger partial charge >= 0.3 is 0 Å². The van der Waals surface area contributed by atoms with Crippen LogP contribution in [-0.2, 0) is 0 Å². The van der Waals surface area contributed by atoms with Crippen molar-refractivity contribution < 1.29 is 0 Å². The van der Waals surface area contributed by atoms with Gasteiger partial charge in [0.05, 0.1) is 0 Å². The topological polar surface area (TPSA) is 0 Å². The molecule has 0 N–H and O–H groups in total. The largest absolute Gasteiger partial charge is 0.0946 e. The quantitative estimate of drug-likeness (QED) is 0.565. The molecule has 0 nitrogen and oxygen atoms in total. The Morgan fingerprint density at radius 1 is 1.22 bits per heavy atom. The average Bonchev–Trinajstić information content (AvgIpc) is 2.33. The van der Waals surface area contributed by atoms with Crippen LogP contribution in [0.2, 0.25) is 0 Å². The summed E-state index contributed by atoms with van der Waals surface area (Å²) in [6.07, 6.45) is 7.18. The van der Waals surface area contributed by atoms with Gasteiger partial charge in [-0.3, -0.25) is 0 Å². The summed E-state index contributed by atoms with van der Waals surface area (Å²) in [5.41, 5.74) is 1.85. The normalized spacial score (nSPS) is 25.8. The van der Waals surface area contributed by atoms with Crippen molar-refractivity contribution in [3.8, 4) is 0 Å². The number of hydrogen-bond donors (Lipinski definition) is 0. The van der Waals surface area contributed by atoms with Gasteiger partial charge in [-0.2, -0.15) is 0 Å². The lowest BCUT2D eigenvalue weighted by molar-refractivity contribution is 0.869. The first-order valence-corrected chi connectivity index (χ1v) is 5.95. The van der Waals surface area contributed by atoms with Crippen molar-refractivity contribution in [3.05, 3.63) is 9.15 Å². The molecule has 0 unspecified atom stereocenters. The second kappa shape index (κ2) is 2.52. The predicted molar refractivity (Wildman–Crippen MR) is 50.2 cm³/mol. The molecule has 1 heterocycles. The van der Waals surface area contributed by atoms with E-state index in [0.717, 1.165) is 0 Å². The average molecular weight is 234 g/mol. The monoisotopic (exact) mass is 234 g/mol. The summed E-state index contributed by atoms with van der Waals surface area (Å²) in [5, 5.41) is 0. The van der Waals surface area contributed by atoms with Gasteiger partial charge in [-0.25, -0.2) is 0 Å². The fraction of sp³-hybridized carbons (Fsp3) is 0.625. The highest BCUT2D eigenvalue weighted by Crippen LogP contribution is 2.38. The molecule has 2 rings (SSSR count). The third-order valence-corrected chi connectivity index (χ3v) is 5.14. The third kappa shape index (κ3) is 1.11. The fourth-order valence-corrected chi connectivity index (χ4v) is 4.37. The molecular formula is C8H11I. The zero-order valence-corrected chi connectivity index (χ0v) is 7.65. The highest BCUT2D eigenvalue weighted by atomic mass is 127. The minimum Gasteiger partial charge on any atom is -0.0946 e. The van der Waals surface area contributed by atoms with Crippen molar-refractivity contribution in [1.29, 1.82) is 0 Å². The predicted octanol–water partition coefficient (Wildman–Crippen LogP) is 2.99. The van der Waals surface area contributed by atoms with Crippen LogP contribution >= 0.6 is 20.7 Å². The van der Waals surface area contributed by atoms with Crippen LogP contribution in [0.15, 0.2) is 9.15 Å². The lowest BCUT2D eigenvalue weighted by Crippen LogP contribution is -1.85. The molecule has 1 aliphatic heterocycles. The number of rotatable bonds is 0. The summed E-state index contributed by atoms with van der Waals surface area (Å²) >= 11 is 0.426. The molecule has 0 spiro atoms. The molecule has 0 fully saturated rings. The van der Waals surface area contributed by atoms with Gasteiger partial charge in [0, 0.05) is 0 Å². The number of allylic oxidation sites excluding steroid dienone is 2. The molecule has 0 aromatic carbocycles. The summed E-state index contributed by atoms with van der Waals surface area (Å²) in [6.45, 7) is 0. The molecule has 0 amide bonds. The summed E-state index contributed by atoms with van der Waals surface area (Å²) in [5.74, 6) is 0. The van der Waals surface area contributed by atoms with Gasteiger partial charge in [0.2, 0.25) is 0 Å². The van der Waals surface area contributed by atoms with E-state index >= 15 is 0 Å². The lowest BCUT2D eigenvalue weighted by atomic mass is 10.1. The van der Waals surface area contributed by atoms with Gasteiger partial charge in [-0.15, -0.1) is 0 Å². The van der Waals surface area contributed by atoms with Crippen molar-refractivity contribution in [3.63, 3.8) is 0 Å². The van der Waals surface area contributed by atoms with E-state index in [2.05, 4.69) is 4.01 Å². The van der Waals surface area contributed by atoms with Crippen molar-refractivity contribution >= 4 is 24.7 Å². The fourth-order valence-electron chi connectivity index (χ4n) is 1.54. The Kier molecular flexibility index (Phi) is 1.70. The Bertz CT molecular complexity index is 177. The van der Waals surface area contributed by atoms with Crippen molar-refractivity contribution in [2.24, 2.45) is 0 Å². The van der Waals surface area contributed by atoms with Crippen LogP contribution in [0.1, 0.15) is 32.1 Å². The molecule has 0 aromatic heterocycles. The first-order valence-electron chi connectivity index (χ1n) is 3.63. The first-order chi connectivity index (χ1) is 4.47. The SMILES string of the molecule is C1=IC2=C(CC1)CCC2. The molecule has 1 heteroatoms. The molecule has 0 radical (unpaired) electrons. The van der Waals surface area contributed by atoms with E-state index in [1.807, 2.05) is 9.15 Å². The van der Waals surface area contributed by atoms with Crippen LogP contribution in [0.25, 0.3) is 0 Å². The Hall–Kier alpha value is 0.340. The Balaban J connectivity index is 2.28. The summed E-state index contributed by atoms with van der Waals surface area (Å²) in [6, 6.07) is 0. The van der Waals surface area contributed by atoms with E-state index in [1.165, 1.54) is 32.1 Å². The first kappa shape index (κ1) is 6.08. The van der Waals surface area contributed by atoms with Crippen LogP contribution in [0, 0.1) is 0 Å². The molecule has 50 valence electrons. The zero-order valence-electron chi connectivity index (χ0n) is 5.49. The highest BCUT2D eigenvalue weighted by molar-refractivity contribution is 14.2. The molecule has 0 saturated heterocycles. The molecule has 9 heavy (non-hydrogen) atoms. The van der Waals surface area contributed by atoms with Gasteiger partial charge in [-0.1, -0.05) is 30.3 Å². The standard InChI is InChI=1S/C8H11I/c1-3-7-4-2-6-9-8(7)5-1/h6H,1-5H2. The minimum absolute atomic E-state index is 0.426. The molecular weight excluding hydrogens is 223 g/mol.